The van der Waals surface area contributed by atoms with Crippen LogP contribution < -0.4 is 5.32 Å². The van der Waals surface area contributed by atoms with E-state index in [2.05, 4.69) is 5.32 Å². The van der Waals surface area contributed by atoms with Gasteiger partial charge in [-0.1, -0.05) is 23.7 Å². The minimum atomic E-state index is -1.48. The molecule has 0 aliphatic rings. The molecule has 4 nitrogen and oxygen atoms in total. The second-order valence-corrected chi connectivity index (χ2v) is 6.48. The maximum atomic E-state index is 13.8. The van der Waals surface area contributed by atoms with Crippen LogP contribution >= 0.6 is 22.9 Å². The summed E-state index contributed by atoms with van der Waals surface area (Å²) in [7, 11) is 0. The summed E-state index contributed by atoms with van der Waals surface area (Å²) < 4.78 is 18.9. The zero-order chi connectivity index (χ0) is 17.2. The summed E-state index contributed by atoms with van der Waals surface area (Å²) in [6.45, 7) is -0.156. The van der Waals surface area contributed by atoms with Crippen LogP contribution in [0, 0.1) is 5.82 Å². The first-order valence-corrected chi connectivity index (χ1v) is 8.29. The summed E-state index contributed by atoms with van der Waals surface area (Å²) in [6.07, 6.45) is 2.84. The Hall–Kier alpha value is -2.15. The van der Waals surface area contributed by atoms with Crippen LogP contribution in [0.3, 0.4) is 0 Å². The van der Waals surface area contributed by atoms with E-state index in [-0.39, 0.29) is 17.1 Å². The summed E-state index contributed by atoms with van der Waals surface area (Å²) in [5, 5.41) is 15.4. The van der Waals surface area contributed by atoms with Crippen LogP contribution in [-0.2, 0) is 5.60 Å². The highest BCUT2D eigenvalue weighted by Gasteiger charge is 2.34. The van der Waals surface area contributed by atoms with Crippen molar-refractivity contribution in [3.8, 4) is 0 Å². The van der Waals surface area contributed by atoms with Crippen LogP contribution in [0.25, 0.3) is 0 Å². The summed E-state index contributed by atoms with van der Waals surface area (Å²) in [5.74, 6) is -1.42. The maximum absolute atomic E-state index is 13.8. The molecule has 0 aliphatic heterocycles. The average molecular weight is 366 g/mol. The third-order valence-electron chi connectivity index (χ3n) is 3.62. The molecule has 2 heterocycles. The van der Waals surface area contributed by atoms with Gasteiger partial charge in [0.25, 0.3) is 5.91 Å². The minimum absolute atomic E-state index is 0.00970. The molecule has 0 saturated carbocycles. The van der Waals surface area contributed by atoms with Crippen molar-refractivity contribution in [3.05, 3.63) is 81.1 Å². The van der Waals surface area contributed by atoms with E-state index < -0.39 is 17.3 Å². The van der Waals surface area contributed by atoms with Crippen molar-refractivity contribution >= 4 is 28.8 Å². The summed E-state index contributed by atoms with van der Waals surface area (Å²) >= 11 is 7.24. The van der Waals surface area contributed by atoms with E-state index in [0.29, 0.717) is 10.4 Å². The number of halogens is 2. The molecular weight excluding hydrogens is 353 g/mol. The molecule has 0 bridgehead atoms. The van der Waals surface area contributed by atoms with E-state index in [9.17, 15) is 14.3 Å². The predicted octanol–water partition coefficient (Wildman–Crippen LogP) is 3.80. The molecule has 0 radical (unpaired) electrons. The molecule has 24 heavy (non-hydrogen) atoms. The first-order valence-electron chi connectivity index (χ1n) is 7.03. The van der Waals surface area contributed by atoms with Gasteiger partial charge < -0.3 is 14.8 Å². The normalized spacial score (nSPS) is 13.5. The third-order valence-corrected chi connectivity index (χ3v) is 4.96. The van der Waals surface area contributed by atoms with E-state index in [1.165, 1.54) is 36.0 Å². The van der Waals surface area contributed by atoms with Crippen molar-refractivity contribution in [2.75, 3.05) is 6.54 Å². The number of aliphatic hydroxyl groups is 1. The lowest BCUT2D eigenvalue weighted by Gasteiger charge is -2.26. The van der Waals surface area contributed by atoms with Crippen LogP contribution in [0.4, 0.5) is 4.39 Å². The first-order chi connectivity index (χ1) is 11.5. The standard InChI is InChI=1S/C17H13ClFNO3S/c18-12-3-1-4-13(19)15(12)16(21)20-10-17(22,11-6-7-23-9-11)14-5-2-8-24-14/h1-9,22H,10H2,(H,20,21). The number of hydrogen-bond acceptors (Lipinski definition) is 4. The molecule has 0 saturated heterocycles. The van der Waals surface area contributed by atoms with Crippen molar-refractivity contribution in [1.29, 1.82) is 0 Å². The summed E-state index contributed by atoms with van der Waals surface area (Å²) in [5.41, 5.74) is -1.24. The molecule has 0 spiro atoms. The van der Waals surface area contributed by atoms with Gasteiger partial charge in [-0.15, -0.1) is 11.3 Å². The molecule has 124 valence electrons. The molecule has 1 unspecified atom stereocenters. The quantitative estimate of drug-likeness (QED) is 0.723. The fourth-order valence-electron chi connectivity index (χ4n) is 2.36. The second-order valence-electron chi connectivity index (χ2n) is 5.13. The topological polar surface area (TPSA) is 62.5 Å². The summed E-state index contributed by atoms with van der Waals surface area (Å²) in [4.78, 5) is 12.9. The second kappa shape index (κ2) is 6.76. The number of thiophene rings is 1. The lowest BCUT2D eigenvalue weighted by molar-refractivity contribution is 0.0712. The Labute approximate surface area is 146 Å². The van der Waals surface area contributed by atoms with Crippen LogP contribution in [0.5, 0.6) is 0 Å². The number of nitrogens with one attached hydrogen (secondary N) is 1. The molecule has 3 rings (SSSR count). The fourth-order valence-corrected chi connectivity index (χ4v) is 3.45. The summed E-state index contributed by atoms with van der Waals surface area (Å²) in [6, 6.07) is 9.16. The van der Waals surface area contributed by atoms with Gasteiger partial charge in [-0.2, -0.15) is 0 Å². The van der Waals surface area contributed by atoms with E-state index in [4.69, 9.17) is 16.0 Å². The lowest BCUT2D eigenvalue weighted by atomic mass is 9.94. The van der Waals surface area contributed by atoms with Gasteiger partial charge in [-0.3, -0.25) is 4.79 Å². The monoisotopic (exact) mass is 365 g/mol. The van der Waals surface area contributed by atoms with Crippen molar-refractivity contribution in [2.45, 2.75) is 5.60 Å². The van der Waals surface area contributed by atoms with E-state index in [1.54, 1.807) is 18.2 Å². The Bertz CT molecular complexity index is 779. The van der Waals surface area contributed by atoms with Crippen molar-refractivity contribution in [3.63, 3.8) is 0 Å². The van der Waals surface area contributed by atoms with Crippen molar-refractivity contribution in [2.24, 2.45) is 0 Å². The molecule has 1 atom stereocenters. The van der Waals surface area contributed by atoms with Gasteiger partial charge in [-0.05, 0) is 29.6 Å². The highest BCUT2D eigenvalue weighted by atomic mass is 35.5. The zero-order valence-corrected chi connectivity index (χ0v) is 13.9. The molecule has 1 aromatic carbocycles. The van der Waals surface area contributed by atoms with Gasteiger partial charge in [0.2, 0.25) is 0 Å². The average Bonchev–Trinajstić information content (AvgIpc) is 3.25. The highest BCUT2D eigenvalue weighted by molar-refractivity contribution is 7.10. The number of carbonyl (C=O) groups excluding carboxylic acids is 1. The minimum Gasteiger partial charge on any atom is -0.472 e. The Morgan fingerprint density at radius 1 is 1.33 bits per heavy atom. The molecule has 1 amide bonds. The molecule has 0 aliphatic carbocycles. The lowest BCUT2D eigenvalue weighted by Crippen LogP contribution is -2.41. The van der Waals surface area contributed by atoms with Crippen LogP contribution in [-0.4, -0.2) is 17.6 Å². The molecular formula is C17H13ClFNO3S. The Balaban J connectivity index is 1.86. The highest BCUT2D eigenvalue weighted by Crippen LogP contribution is 2.32. The number of rotatable bonds is 5. The number of hydrogen-bond donors (Lipinski definition) is 2. The van der Waals surface area contributed by atoms with Gasteiger partial charge in [0, 0.05) is 10.4 Å². The predicted molar refractivity (Wildman–Crippen MR) is 89.8 cm³/mol. The van der Waals surface area contributed by atoms with Crippen LogP contribution in [0.15, 0.2) is 58.7 Å². The smallest absolute Gasteiger partial charge is 0.255 e. The first kappa shape index (κ1) is 16.7. The molecule has 7 heteroatoms. The Kier molecular flexibility index (Phi) is 4.71. The number of furan rings is 1. The van der Waals surface area contributed by atoms with Crippen molar-refractivity contribution in [1.82, 2.24) is 5.32 Å². The Morgan fingerprint density at radius 2 is 2.17 bits per heavy atom. The van der Waals surface area contributed by atoms with Gasteiger partial charge in [-0.25, -0.2) is 4.39 Å². The Morgan fingerprint density at radius 3 is 2.79 bits per heavy atom. The number of carbonyl (C=O) groups is 1. The van der Waals surface area contributed by atoms with Gasteiger partial charge in [0.1, 0.15) is 11.4 Å². The van der Waals surface area contributed by atoms with Crippen LogP contribution in [0.2, 0.25) is 5.02 Å². The van der Waals surface area contributed by atoms with E-state index in [0.717, 1.165) is 6.07 Å². The van der Waals surface area contributed by atoms with Crippen molar-refractivity contribution < 1.29 is 18.7 Å². The van der Waals surface area contributed by atoms with Gasteiger partial charge >= 0.3 is 0 Å². The van der Waals surface area contributed by atoms with E-state index in [1.807, 2.05) is 5.38 Å². The third kappa shape index (κ3) is 3.08. The number of benzene rings is 1. The molecule has 2 N–H and O–H groups in total. The fraction of sp³-hybridized carbons (Fsp3) is 0.118. The number of amides is 1. The van der Waals surface area contributed by atoms with Crippen LogP contribution in [0.1, 0.15) is 20.8 Å². The molecule has 3 aromatic rings. The molecule has 0 fully saturated rings. The van der Waals surface area contributed by atoms with Gasteiger partial charge in [0.05, 0.1) is 29.7 Å². The van der Waals surface area contributed by atoms with E-state index >= 15 is 0 Å². The molecule has 2 aromatic heterocycles. The maximum Gasteiger partial charge on any atom is 0.255 e. The largest absolute Gasteiger partial charge is 0.472 e. The zero-order valence-electron chi connectivity index (χ0n) is 12.3. The SMILES string of the molecule is O=C(NCC(O)(c1ccoc1)c1cccs1)c1c(F)cccc1Cl. The van der Waals surface area contributed by atoms with Gasteiger partial charge in [0.15, 0.2) is 0 Å².